The van der Waals surface area contributed by atoms with E-state index in [1.54, 1.807) is 42.6 Å². The highest BCUT2D eigenvalue weighted by molar-refractivity contribution is 6.04. The molecule has 2 aromatic carbocycles. The van der Waals surface area contributed by atoms with Gasteiger partial charge in [0.25, 0.3) is 5.91 Å². The number of primary amides is 1. The van der Waals surface area contributed by atoms with Crippen molar-refractivity contribution in [2.45, 2.75) is 0 Å². The Hall–Kier alpha value is -3.15. The van der Waals surface area contributed by atoms with Crippen molar-refractivity contribution in [1.82, 2.24) is 10.2 Å². The number of aliphatic imine (C=N–C) groups is 1. The van der Waals surface area contributed by atoms with E-state index in [0.29, 0.717) is 22.2 Å². The molecule has 0 unspecified atom stereocenters. The van der Waals surface area contributed by atoms with E-state index in [4.69, 9.17) is 5.73 Å². The number of phenolic OH excluding ortho intramolecular Hbond substituents is 1. The number of carbonyl (C=O) groups is 1. The first-order chi connectivity index (χ1) is 10.1. The van der Waals surface area contributed by atoms with Gasteiger partial charge in [-0.05, 0) is 30.3 Å². The van der Waals surface area contributed by atoms with Gasteiger partial charge in [0.05, 0.1) is 11.2 Å². The number of carbonyl (C=O) groups excluding carboxylic acids is 1. The number of para-hydroxylation sites is 1. The molecule has 1 amide bonds. The van der Waals surface area contributed by atoms with Crippen LogP contribution in [0.4, 0.5) is 5.69 Å². The first kappa shape index (κ1) is 12.9. The van der Waals surface area contributed by atoms with Crippen molar-refractivity contribution < 1.29 is 9.90 Å². The van der Waals surface area contributed by atoms with Gasteiger partial charge in [0.2, 0.25) is 0 Å². The van der Waals surface area contributed by atoms with Crippen LogP contribution in [0.25, 0.3) is 10.9 Å². The molecule has 1 heterocycles. The molecule has 0 aliphatic rings. The fourth-order valence-electron chi connectivity index (χ4n) is 2.01. The number of aromatic hydroxyl groups is 1. The van der Waals surface area contributed by atoms with Crippen molar-refractivity contribution in [2.24, 2.45) is 10.7 Å². The van der Waals surface area contributed by atoms with E-state index < -0.39 is 5.91 Å². The molecule has 0 aliphatic heterocycles. The fourth-order valence-corrected chi connectivity index (χ4v) is 2.01. The summed E-state index contributed by atoms with van der Waals surface area (Å²) in [5.41, 5.74) is 7.41. The number of nitrogens with two attached hydrogens (primary N) is 1. The fraction of sp³-hybridized carbons (Fsp3) is 0. The molecule has 0 atom stereocenters. The number of amides is 1. The average Bonchev–Trinajstić information content (AvgIpc) is 2.89. The molecule has 0 bridgehead atoms. The van der Waals surface area contributed by atoms with Crippen LogP contribution in [0, 0.1) is 0 Å². The normalized spacial score (nSPS) is 11.2. The number of hydrogen-bond donors (Lipinski definition) is 3. The van der Waals surface area contributed by atoms with Crippen molar-refractivity contribution in [3.05, 3.63) is 53.7 Å². The predicted octanol–water partition coefficient (Wildman–Crippen LogP) is 2.12. The van der Waals surface area contributed by atoms with E-state index in [1.807, 2.05) is 6.07 Å². The molecule has 6 heteroatoms. The highest BCUT2D eigenvalue weighted by Crippen LogP contribution is 2.23. The maximum absolute atomic E-state index is 11.3. The number of rotatable bonds is 3. The number of benzene rings is 2. The molecule has 6 nitrogen and oxygen atoms in total. The molecule has 1 aromatic heterocycles. The number of aromatic amines is 1. The lowest BCUT2D eigenvalue weighted by molar-refractivity contribution is 0.0997. The van der Waals surface area contributed by atoms with Gasteiger partial charge in [0.15, 0.2) is 5.69 Å². The summed E-state index contributed by atoms with van der Waals surface area (Å²) < 4.78 is 0. The molecule has 104 valence electrons. The summed E-state index contributed by atoms with van der Waals surface area (Å²) in [6.45, 7) is 0. The van der Waals surface area contributed by atoms with E-state index in [0.717, 1.165) is 0 Å². The number of aromatic nitrogens is 2. The smallest absolute Gasteiger partial charge is 0.269 e. The van der Waals surface area contributed by atoms with Crippen molar-refractivity contribution >= 4 is 28.7 Å². The molecule has 21 heavy (non-hydrogen) atoms. The molecule has 3 rings (SSSR count). The van der Waals surface area contributed by atoms with Gasteiger partial charge < -0.3 is 10.8 Å². The molecule has 3 aromatic rings. The Labute approximate surface area is 119 Å². The molecular weight excluding hydrogens is 268 g/mol. The van der Waals surface area contributed by atoms with Gasteiger partial charge in [-0.1, -0.05) is 12.1 Å². The maximum atomic E-state index is 11.3. The first-order valence-electron chi connectivity index (χ1n) is 6.25. The molecule has 0 fully saturated rings. The minimum atomic E-state index is -0.594. The number of nitrogens with one attached hydrogen (secondary N) is 1. The Balaban J connectivity index is 2.00. The third-order valence-electron chi connectivity index (χ3n) is 3.07. The monoisotopic (exact) mass is 280 g/mol. The minimum Gasteiger partial charge on any atom is -0.507 e. The van der Waals surface area contributed by atoms with Crippen LogP contribution in [-0.4, -0.2) is 27.4 Å². The van der Waals surface area contributed by atoms with E-state index >= 15 is 0 Å². The second-order valence-corrected chi connectivity index (χ2v) is 4.48. The van der Waals surface area contributed by atoms with Crippen LogP contribution >= 0.6 is 0 Å². The SMILES string of the molecule is NC(=O)c1n[nH]c2ccc(N=Cc3ccccc3O)cc12. The third kappa shape index (κ3) is 2.46. The van der Waals surface area contributed by atoms with E-state index in [9.17, 15) is 9.90 Å². The van der Waals surface area contributed by atoms with Crippen LogP contribution in [0.1, 0.15) is 16.1 Å². The van der Waals surface area contributed by atoms with Crippen molar-refractivity contribution in [3.8, 4) is 5.75 Å². The quantitative estimate of drug-likeness (QED) is 0.640. The van der Waals surface area contributed by atoms with E-state index in [2.05, 4.69) is 15.2 Å². The van der Waals surface area contributed by atoms with Gasteiger partial charge in [0, 0.05) is 17.2 Å². The highest BCUT2D eigenvalue weighted by Gasteiger charge is 2.10. The zero-order chi connectivity index (χ0) is 14.8. The molecule has 4 N–H and O–H groups in total. The Morgan fingerprint density at radius 1 is 1.29 bits per heavy atom. The summed E-state index contributed by atoms with van der Waals surface area (Å²) in [5, 5.41) is 16.9. The van der Waals surface area contributed by atoms with Crippen molar-refractivity contribution in [2.75, 3.05) is 0 Å². The summed E-state index contributed by atoms with van der Waals surface area (Å²) >= 11 is 0. The van der Waals surface area contributed by atoms with Gasteiger partial charge in [-0.2, -0.15) is 5.10 Å². The van der Waals surface area contributed by atoms with Gasteiger partial charge in [0.1, 0.15) is 5.75 Å². The average molecular weight is 280 g/mol. The van der Waals surface area contributed by atoms with Gasteiger partial charge in [-0.3, -0.25) is 14.9 Å². The molecule has 0 spiro atoms. The molecular formula is C15H12N4O2. The molecule has 0 saturated heterocycles. The summed E-state index contributed by atoms with van der Waals surface area (Å²) in [5.74, 6) is -0.438. The third-order valence-corrected chi connectivity index (χ3v) is 3.07. The summed E-state index contributed by atoms with van der Waals surface area (Å²) in [6, 6.07) is 12.2. The Bertz CT molecular complexity index is 852. The highest BCUT2D eigenvalue weighted by atomic mass is 16.3. The van der Waals surface area contributed by atoms with Crippen LogP contribution < -0.4 is 5.73 Å². The van der Waals surface area contributed by atoms with Crippen LogP contribution in [-0.2, 0) is 0 Å². The summed E-state index contributed by atoms with van der Waals surface area (Å²) in [7, 11) is 0. The number of hydrogen-bond acceptors (Lipinski definition) is 4. The van der Waals surface area contributed by atoms with Crippen LogP contribution in [0.5, 0.6) is 5.75 Å². The second-order valence-electron chi connectivity index (χ2n) is 4.48. The zero-order valence-corrected chi connectivity index (χ0v) is 10.9. The topological polar surface area (TPSA) is 104 Å². The standard InChI is InChI=1S/C15H12N4O2/c16-15(21)14-11-7-10(5-6-12(11)18-19-14)17-8-9-3-1-2-4-13(9)20/h1-8,20H,(H2,16,21)(H,18,19). The largest absolute Gasteiger partial charge is 0.507 e. The summed E-state index contributed by atoms with van der Waals surface area (Å²) in [6.07, 6.45) is 1.56. The van der Waals surface area contributed by atoms with Crippen molar-refractivity contribution in [1.29, 1.82) is 0 Å². The maximum Gasteiger partial charge on any atom is 0.269 e. The number of fused-ring (bicyclic) bond motifs is 1. The molecule has 0 radical (unpaired) electrons. The van der Waals surface area contributed by atoms with Crippen LogP contribution in [0.3, 0.4) is 0 Å². The van der Waals surface area contributed by atoms with E-state index in [1.165, 1.54) is 0 Å². The minimum absolute atomic E-state index is 0.156. The van der Waals surface area contributed by atoms with Crippen LogP contribution in [0.15, 0.2) is 47.5 Å². The van der Waals surface area contributed by atoms with E-state index in [-0.39, 0.29) is 11.4 Å². The Kier molecular flexibility index (Phi) is 3.12. The summed E-state index contributed by atoms with van der Waals surface area (Å²) in [4.78, 5) is 15.6. The van der Waals surface area contributed by atoms with Crippen molar-refractivity contribution in [3.63, 3.8) is 0 Å². The Morgan fingerprint density at radius 2 is 2.10 bits per heavy atom. The Morgan fingerprint density at radius 3 is 2.86 bits per heavy atom. The lowest BCUT2D eigenvalue weighted by Crippen LogP contribution is -2.11. The molecule has 0 saturated carbocycles. The predicted molar refractivity (Wildman–Crippen MR) is 80.0 cm³/mol. The van der Waals surface area contributed by atoms with Crippen LogP contribution in [0.2, 0.25) is 0 Å². The first-order valence-corrected chi connectivity index (χ1v) is 6.25. The molecule has 0 aliphatic carbocycles. The number of H-pyrrole nitrogens is 1. The lowest BCUT2D eigenvalue weighted by Gasteiger charge is -1.98. The van der Waals surface area contributed by atoms with Gasteiger partial charge in [-0.25, -0.2) is 0 Å². The van der Waals surface area contributed by atoms with Gasteiger partial charge >= 0.3 is 0 Å². The second kappa shape index (κ2) is 5.09. The number of phenols is 1. The van der Waals surface area contributed by atoms with Gasteiger partial charge in [-0.15, -0.1) is 0 Å². The zero-order valence-electron chi connectivity index (χ0n) is 10.9. The number of nitrogens with zero attached hydrogens (tertiary/aromatic N) is 2. The lowest BCUT2D eigenvalue weighted by atomic mass is 10.2.